The van der Waals surface area contributed by atoms with E-state index in [9.17, 15) is 9.59 Å². The Kier molecular flexibility index (Phi) is 5.34. The van der Waals surface area contributed by atoms with E-state index in [0.717, 1.165) is 16.7 Å². The molecule has 0 amide bonds. The summed E-state index contributed by atoms with van der Waals surface area (Å²) in [4.78, 5) is 23.2. The van der Waals surface area contributed by atoms with Gasteiger partial charge in [-0.25, -0.2) is 4.79 Å². The molecule has 1 heterocycles. The van der Waals surface area contributed by atoms with Gasteiger partial charge in [-0.2, -0.15) is 11.3 Å². The second-order valence-corrected chi connectivity index (χ2v) is 4.69. The number of thioether (sulfide) groups is 1. The number of hydrogen-bond acceptors (Lipinski definition) is 6. The highest BCUT2D eigenvalue weighted by atomic mass is 32.2. The molecule has 0 fully saturated rings. The molecule has 0 spiro atoms. The van der Waals surface area contributed by atoms with Crippen LogP contribution in [0.5, 0.6) is 0 Å². The fraction of sp³-hybridized carbons (Fsp3) is 0.400. The molecule has 88 valence electrons. The highest BCUT2D eigenvalue weighted by Gasteiger charge is 2.24. The molecule has 0 bridgehead atoms. The van der Waals surface area contributed by atoms with Crippen LogP contribution in [0.3, 0.4) is 0 Å². The number of esters is 2. The van der Waals surface area contributed by atoms with Crippen LogP contribution in [0.2, 0.25) is 0 Å². The Morgan fingerprint density at radius 3 is 2.81 bits per heavy atom. The molecule has 1 aromatic heterocycles. The van der Waals surface area contributed by atoms with Crippen molar-refractivity contribution in [1.82, 2.24) is 0 Å². The van der Waals surface area contributed by atoms with Crippen molar-refractivity contribution in [2.24, 2.45) is 0 Å². The Morgan fingerprint density at radius 2 is 2.31 bits per heavy atom. The lowest BCUT2D eigenvalue weighted by Crippen LogP contribution is -2.25. The second-order valence-electron chi connectivity index (χ2n) is 2.77. The van der Waals surface area contributed by atoms with Crippen LogP contribution in [0, 0.1) is 0 Å². The summed E-state index contributed by atoms with van der Waals surface area (Å²) in [6.45, 7) is 3.24. The highest BCUT2D eigenvalue weighted by molar-refractivity contribution is 8.00. The zero-order valence-corrected chi connectivity index (χ0v) is 10.6. The van der Waals surface area contributed by atoms with Crippen molar-refractivity contribution in [2.45, 2.75) is 24.2 Å². The Bertz CT molecular complexity index is 348. The Hall–Kier alpha value is -1.01. The fourth-order valence-electron chi connectivity index (χ4n) is 0.924. The van der Waals surface area contributed by atoms with Gasteiger partial charge < -0.3 is 9.47 Å². The molecule has 1 rings (SSSR count). The van der Waals surface area contributed by atoms with Crippen molar-refractivity contribution in [1.29, 1.82) is 0 Å². The molecule has 1 unspecified atom stereocenters. The predicted molar refractivity (Wildman–Crippen MR) is 62.4 cm³/mol. The molecule has 0 radical (unpaired) electrons. The van der Waals surface area contributed by atoms with E-state index in [2.05, 4.69) is 0 Å². The summed E-state index contributed by atoms with van der Waals surface area (Å²) in [6, 6.07) is 1.85. The van der Waals surface area contributed by atoms with Crippen LogP contribution in [-0.4, -0.2) is 24.0 Å². The summed E-state index contributed by atoms with van der Waals surface area (Å²) in [7, 11) is 0. The van der Waals surface area contributed by atoms with Gasteiger partial charge in [0.25, 0.3) is 0 Å². The van der Waals surface area contributed by atoms with Crippen molar-refractivity contribution < 1.29 is 19.1 Å². The molecule has 1 atom stereocenters. The average molecular weight is 260 g/mol. The van der Waals surface area contributed by atoms with Gasteiger partial charge in [-0.15, -0.1) is 0 Å². The summed E-state index contributed by atoms with van der Waals surface area (Å²) in [5, 5.41) is 3.76. The van der Waals surface area contributed by atoms with Gasteiger partial charge in [0.05, 0.1) is 6.61 Å². The summed E-state index contributed by atoms with van der Waals surface area (Å²) in [5.41, 5.74) is -0.924. The van der Waals surface area contributed by atoms with E-state index in [1.807, 2.05) is 16.8 Å². The van der Waals surface area contributed by atoms with Gasteiger partial charge in [0.15, 0.2) is 0 Å². The number of carbonyl (C=O) groups is 2. The van der Waals surface area contributed by atoms with Gasteiger partial charge in [0, 0.05) is 17.2 Å². The monoisotopic (exact) mass is 260 g/mol. The van der Waals surface area contributed by atoms with Crippen molar-refractivity contribution >= 4 is 35.0 Å². The summed E-state index contributed by atoms with van der Waals surface area (Å²) in [6.07, 6.45) is 0. The molecule has 16 heavy (non-hydrogen) atoms. The first-order chi connectivity index (χ1) is 7.63. The van der Waals surface area contributed by atoms with E-state index in [1.165, 1.54) is 18.3 Å². The number of thiophene rings is 1. The number of carbonyl (C=O) groups excluding carboxylic acids is 2. The topological polar surface area (TPSA) is 52.6 Å². The predicted octanol–water partition coefficient (Wildman–Crippen LogP) is 2.29. The summed E-state index contributed by atoms with van der Waals surface area (Å²) >= 11 is 2.68. The minimum absolute atomic E-state index is 0.265. The normalized spacial score (nSPS) is 11.9. The molecular weight excluding hydrogens is 248 g/mol. The van der Waals surface area contributed by atoms with Gasteiger partial charge in [0.2, 0.25) is 5.44 Å². The fourth-order valence-corrected chi connectivity index (χ4v) is 2.66. The average Bonchev–Trinajstić information content (AvgIpc) is 2.69. The van der Waals surface area contributed by atoms with E-state index in [-0.39, 0.29) is 6.61 Å². The van der Waals surface area contributed by atoms with E-state index in [0.29, 0.717) is 0 Å². The minimum Gasteiger partial charge on any atom is -0.463 e. The smallest absolute Gasteiger partial charge is 0.358 e. The number of rotatable bonds is 5. The quantitative estimate of drug-likeness (QED) is 0.462. The summed E-state index contributed by atoms with van der Waals surface area (Å²) in [5.74, 6) is -1.03. The molecule has 0 saturated carbocycles. The molecule has 0 N–H and O–H groups in total. The van der Waals surface area contributed by atoms with Gasteiger partial charge in [0.1, 0.15) is 0 Å². The Labute approximate surface area is 102 Å². The third-order valence-electron chi connectivity index (χ3n) is 1.49. The standard InChI is InChI=1S/C10H12O4S2/c1-3-13-9(12)10(14-7(2)11)16-8-4-5-15-6-8/h4-6,10H,3H2,1-2H3. The lowest BCUT2D eigenvalue weighted by atomic mass is 10.6. The summed E-state index contributed by atoms with van der Waals surface area (Å²) < 4.78 is 9.71. The maximum Gasteiger partial charge on any atom is 0.358 e. The first kappa shape index (κ1) is 13.1. The van der Waals surface area contributed by atoms with Crippen LogP contribution in [0.1, 0.15) is 13.8 Å². The zero-order valence-electron chi connectivity index (χ0n) is 8.97. The van der Waals surface area contributed by atoms with Crippen LogP contribution in [0.15, 0.2) is 21.7 Å². The SMILES string of the molecule is CCOC(=O)C(OC(C)=O)Sc1ccsc1. The molecule has 0 aromatic carbocycles. The maximum atomic E-state index is 11.5. The van der Waals surface area contributed by atoms with Crippen LogP contribution in [0.25, 0.3) is 0 Å². The Morgan fingerprint density at radius 1 is 1.56 bits per heavy atom. The van der Waals surface area contributed by atoms with E-state index >= 15 is 0 Å². The van der Waals surface area contributed by atoms with Gasteiger partial charge in [-0.3, -0.25) is 4.79 Å². The molecule has 1 aromatic rings. The first-order valence-electron chi connectivity index (χ1n) is 4.66. The molecule has 4 nitrogen and oxygen atoms in total. The Balaban J connectivity index is 2.63. The van der Waals surface area contributed by atoms with Gasteiger partial charge >= 0.3 is 11.9 Å². The van der Waals surface area contributed by atoms with Crippen LogP contribution in [-0.2, 0) is 19.1 Å². The zero-order chi connectivity index (χ0) is 12.0. The highest BCUT2D eigenvalue weighted by Crippen LogP contribution is 2.27. The largest absolute Gasteiger partial charge is 0.463 e. The maximum absolute atomic E-state index is 11.5. The van der Waals surface area contributed by atoms with Crippen molar-refractivity contribution in [3.8, 4) is 0 Å². The third-order valence-corrected chi connectivity index (χ3v) is 3.35. The molecule has 0 saturated heterocycles. The van der Waals surface area contributed by atoms with Crippen molar-refractivity contribution in [3.05, 3.63) is 16.8 Å². The van der Waals surface area contributed by atoms with Crippen molar-refractivity contribution in [2.75, 3.05) is 6.61 Å². The molecule has 6 heteroatoms. The van der Waals surface area contributed by atoms with Gasteiger partial charge in [-0.1, -0.05) is 11.8 Å². The van der Waals surface area contributed by atoms with E-state index < -0.39 is 17.4 Å². The molecule has 0 aliphatic heterocycles. The first-order valence-corrected chi connectivity index (χ1v) is 6.48. The third kappa shape index (κ3) is 4.24. The number of ether oxygens (including phenoxy) is 2. The second kappa shape index (κ2) is 6.55. The van der Waals surface area contributed by atoms with E-state index in [4.69, 9.17) is 9.47 Å². The lowest BCUT2D eigenvalue weighted by Gasteiger charge is -2.13. The molecule has 0 aliphatic rings. The molecular formula is C10H12O4S2. The molecule has 0 aliphatic carbocycles. The van der Waals surface area contributed by atoms with Crippen LogP contribution >= 0.6 is 23.1 Å². The van der Waals surface area contributed by atoms with Crippen molar-refractivity contribution in [3.63, 3.8) is 0 Å². The van der Waals surface area contributed by atoms with Gasteiger partial charge in [-0.05, 0) is 18.4 Å². The lowest BCUT2D eigenvalue weighted by molar-refractivity contribution is -0.159. The van der Waals surface area contributed by atoms with E-state index in [1.54, 1.807) is 6.92 Å². The van der Waals surface area contributed by atoms with Crippen LogP contribution < -0.4 is 0 Å². The number of hydrogen-bond donors (Lipinski definition) is 0. The van der Waals surface area contributed by atoms with Crippen LogP contribution in [0.4, 0.5) is 0 Å². The minimum atomic E-state index is -0.924.